The molecule has 1 atom stereocenters. The molecule has 0 radical (unpaired) electrons. The molecule has 5 heteroatoms. The standard InChI is InChI=1S/C9H8BrCl2NO/c1-5(11)9(14)13-8-4-6(10)2-3-7(8)12/h2-5H,1H3,(H,13,14). The average Bonchev–Trinajstić information content (AvgIpc) is 2.11. The first-order valence-corrected chi connectivity index (χ1v) is 5.51. The Labute approximate surface area is 101 Å². The second-order valence-corrected chi connectivity index (χ2v) is 4.71. The summed E-state index contributed by atoms with van der Waals surface area (Å²) in [4.78, 5) is 11.3. The molecule has 1 aromatic rings. The van der Waals surface area contributed by atoms with Crippen molar-refractivity contribution in [2.45, 2.75) is 12.3 Å². The maximum atomic E-state index is 11.3. The van der Waals surface area contributed by atoms with Gasteiger partial charge in [-0.15, -0.1) is 11.6 Å². The highest BCUT2D eigenvalue weighted by Crippen LogP contribution is 2.25. The van der Waals surface area contributed by atoms with Gasteiger partial charge in [0.2, 0.25) is 5.91 Å². The van der Waals surface area contributed by atoms with Crippen LogP contribution in [0.2, 0.25) is 5.02 Å². The van der Waals surface area contributed by atoms with Crippen molar-refractivity contribution in [2.24, 2.45) is 0 Å². The van der Waals surface area contributed by atoms with Gasteiger partial charge in [0, 0.05) is 4.47 Å². The molecule has 0 aromatic heterocycles. The molecule has 0 saturated carbocycles. The Morgan fingerprint density at radius 2 is 2.21 bits per heavy atom. The lowest BCUT2D eigenvalue weighted by atomic mass is 10.3. The Hall–Kier alpha value is -0.250. The summed E-state index contributed by atoms with van der Waals surface area (Å²) < 4.78 is 0.847. The Morgan fingerprint density at radius 1 is 1.57 bits per heavy atom. The number of halogens is 3. The van der Waals surface area contributed by atoms with E-state index < -0.39 is 5.38 Å². The van der Waals surface area contributed by atoms with E-state index in [0.29, 0.717) is 10.7 Å². The lowest BCUT2D eigenvalue weighted by Crippen LogP contribution is -2.20. The van der Waals surface area contributed by atoms with E-state index in [1.54, 1.807) is 25.1 Å². The van der Waals surface area contributed by atoms with Gasteiger partial charge in [0.15, 0.2) is 0 Å². The molecule has 1 rings (SSSR count). The van der Waals surface area contributed by atoms with Crippen LogP contribution >= 0.6 is 39.1 Å². The topological polar surface area (TPSA) is 29.1 Å². The summed E-state index contributed by atoms with van der Waals surface area (Å²) in [6, 6.07) is 5.21. The first-order valence-electron chi connectivity index (χ1n) is 3.90. The van der Waals surface area contributed by atoms with Crippen LogP contribution in [0.1, 0.15) is 6.92 Å². The number of hydrogen-bond donors (Lipinski definition) is 1. The molecule has 0 fully saturated rings. The monoisotopic (exact) mass is 295 g/mol. The maximum Gasteiger partial charge on any atom is 0.242 e. The van der Waals surface area contributed by atoms with Gasteiger partial charge < -0.3 is 5.32 Å². The van der Waals surface area contributed by atoms with Gasteiger partial charge >= 0.3 is 0 Å². The fourth-order valence-corrected chi connectivity index (χ4v) is 1.41. The van der Waals surface area contributed by atoms with Crippen LogP contribution in [0.15, 0.2) is 22.7 Å². The lowest BCUT2D eigenvalue weighted by Gasteiger charge is -2.08. The average molecular weight is 297 g/mol. The molecule has 1 N–H and O–H groups in total. The van der Waals surface area contributed by atoms with Crippen LogP contribution in [0.5, 0.6) is 0 Å². The van der Waals surface area contributed by atoms with E-state index in [1.807, 2.05) is 0 Å². The molecule has 0 saturated heterocycles. The smallest absolute Gasteiger partial charge is 0.242 e. The number of carbonyl (C=O) groups excluding carboxylic acids is 1. The predicted octanol–water partition coefficient (Wildman–Crippen LogP) is 3.67. The zero-order valence-electron chi connectivity index (χ0n) is 7.35. The van der Waals surface area contributed by atoms with Gasteiger partial charge in [-0.05, 0) is 25.1 Å². The number of amides is 1. The molecular formula is C9H8BrCl2NO. The minimum absolute atomic E-state index is 0.272. The molecule has 0 aliphatic heterocycles. The molecule has 0 heterocycles. The van der Waals surface area contributed by atoms with E-state index in [2.05, 4.69) is 21.2 Å². The van der Waals surface area contributed by atoms with Crippen molar-refractivity contribution in [1.82, 2.24) is 0 Å². The van der Waals surface area contributed by atoms with Crippen molar-refractivity contribution >= 4 is 50.7 Å². The molecule has 0 spiro atoms. The maximum absolute atomic E-state index is 11.3. The van der Waals surface area contributed by atoms with Crippen molar-refractivity contribution in [3.63, 3.8) is 0 Å². The number of carbonyl (C=O) groups is 1. The van der Waals surface area contributed by atoms with Crippen LogP contribution < -0.4 is 5.32 Å². The van der Waals surface area contributed by atoms with Crippen molar-refractivity contribution in [3.05, 3.63) is 27.7 Å². The van der Waals surface area contributed by atoms with Gasteiger partial charge in [-0.3, -0.25) is 4.79 Å². The van der Waals surface area contributed by atoms with Crippen LogP contribution in [-0.2, 0) is 4.79 Å². The molecule has 1 aromatic carbocycles. The summed E-state index contributed by atoms with van der Waals surface area (Å²) in [5.74, 6) is -0.272. The quantitative estimate of drug-likeness (QED) is 0.829. The van der Waals surface area contributed by atoms with Crippen molar-refractivity contribution < 1.29 is 4.79 Å². The largest absolute Gasteiger partial charge is 0.323 e. The Morgan fingerprint density at radius 3 is 2.79 bits per heavy atom. The van der Waals surface area contributed by atoms with Crippen LogP contribution in [0.25, 0.3) is 0 Å². The van der Waals surface area contributed by atoms with Gasteiger partial charge in [-0.25, -0.2) is 0 Å². The van der Waals surface area contributed by atoms with Gasteiger partial charge in [0.05, 0.1) is 10.7 Å². The zero-order chi connectivity index (χ0) is 10.7. The predicted molar refractivity (Wildman–Crippen MR) is 63.1 cm³/mol. The Bertz CT molecular complexity index is 355. The zero-order valence-corrected chi connectivity index (χ0v) is 10.4. The van der Waals surface area contributed by atoms with Crippen molar-refractivity contribution in [1.29, 1.82) is 0 Å². The minimum Gasteiger partial charge on any atom is -0.323 e. The summed E-state index contributed by atoms with van der Waals surface area (Å²) in [6.07, 6.45) is 0. The molecule has 0 aliphatic rings. The molecule has 14 heavy (non-hydrogen) atoms. The van der Waals surface area contributed by atoms with Crippen LogP contribution in [0.4, 0.5) is 5.69 Å². The summed E-state index contributed by atoms with van der Waals surface area (Å²) >= 11 is 14.8. The van der Waals surface area contributed by atoms with E-state index >= 15 is 0 Å². The van der Waals surface area contributed by atoms with Gasteiger partial charge in [-0.2, -0.15) is 0 Å². The fraction of sp³-hybridized carbons (Fsp3) is 0.222. The third kappa shape index (κ3) is 3.15. The SMILES string of the molecule is CC(Cl)C(=O)Nc1cc(Br)ccc1Cl. The minimum atomic E-state index is -0.579. The Kier molecular flexibility index (Phi) is 4.23. The highest BCUT2D eigenvalue weighted by atomic mass is 79.9. The van der Waals surface area contributed by atoms with Crippen LogP contribution in [0.3, 0.4) is 0 Å². The van der Waals surface area contributed by atoms with Gasteiger partial charge in [0.1, 0.15) is 5.38 Å². The number of nitrogens with one attached hydrogen (secondary N) is 1. The van der Waals surface area contributed by atoms with Crippen molar-refractivity contribution in [2.75, 3.05) is 5.32 Å². The van der Waals surface area contributed by atoms with Gasteiger partial charge in [-0.1, -0.05) is 27.5 Å². The van der Waals surface area contributed by atoms with E-state index in [0.717, 1.165) is 4.47 Å². The molecule has 0 aliphatic carbocycles. The van der Waals surface area contributed by atoms with Crippen LogP contribution in [0, 0.1) is 0 Å². The number of benzene rings is 1. The summed E-state index contributed by atoms with van der Waals surface area (Å²) in [5, 5.41) is 2.52. The number of hydrogen-bond acceptors (Lipinski definition) is 1. The lowest BCUT2D eigenvalue weighted by molar-refractivity contribution is -0.115. The fourth-order valence-electron chi connectivity index (χ4n) is 0.825. The van der Waals surface area contributed by atoms with E-state index in [4.69, 9.17) is 23.2 Å². The molecular weight excluding hydrogens is 289 g/mol. The van der Waals surface area contributed by atoms with Gasteiger partial charge in [0.25, 0.3) is 0 Å². The number of rotatable bonds is 2. The Balaban J connectivity index is 2.86. The summed E-state index contributed by atoms with van der Waals surface area (Å²) in [5.41, 5.74) is 0.554. The second kappa shape index (κ2) is 5.01. The van der Waals surface area contributed by atoms with Crippen LogP contribution in [-0.4, -0.2) is 11.3 Å². The van der Waals surface area contributed by atoms with E-state index in [1.165, 1.54) is 0 Å². The molecule has 2 nitrogen and oxygen atoms in total. The number of anilines is 1. The summed E-state index contributed by atoms with van der Waals surface area (Å²) in [7, 11) is 0. The first-order chi connectivity index (χ1) is 6.50. The third-order valence-corrected chi connectivity index (χ3v) is 2.57. The second-order valence-electron chi connectivity index (χ2n) is 2.73. The summed E-state index contributed by atoms with van der Waals surface area (Å²) in [6.45, 7) is 1.60. The molecule has 1 amide bonds. The van der Waals surface area contributed by atoms with E-state index in [9.17, 15) is 4.79 Å². The molecule has 0 bridgehead atoms. The molecule has 76 valence electrons. The van der Waals surface area contributed by atoms with Crippen molar-refractivity contribution in [3.8, 4) is 0 Å². The number of alkyl halides is 1. The van der Waals surface area contributed by atoms with E-state index in [-0.39, 0.29) is 5.91 Å². The highest BCUT2D eigenvalue weighted by molar-refractivity contribution is 9.10. The highest BCUT2D eigenvalue weighted by Gasteiger charge is 2.11. The first kappa shape index (κ1) is 11.8. The molecule has 1 unspecified atom stereocenters. The normalized spacial score (nSPS) is 12.3. The third-order valence-electron chi connectivity index (χ3n) is 1.55.